The third-order valence-corrected chi connectivity index (χ3v) is 4.64. The number of hydrogen-bond donors (Lipinski definition) is 2. The maximum atomic E-state index is 5.81. The molecule has 4 unspecified atom stereocenters. The Morgan fingerprint density at radius 3 is 2.44 bits per heavy atom. The van der Waals surface area contributed by atoms with Crippen LogP contribution in [0.3, 0.4) is 0 Å². The van der Waals surface area contributed by atoms with Gasteiger partial charge in [0.05, 0.1) is 0 Å². The monoisotopic (exact) mass is 226 g/mol. The van der Waals surface area contributed by atoms with Gasteiger partial charge in [-0.25, -0.2) is 0 Å². The molecule has 16 heavy (non-hydrogen) atoms. The molecule has 1 rings (SSSR count). The molecule has 2 heteroatoms. The molecule has 0 spiro atoms. The van der Waals surface area contributed by atoms with Crippen LogP contribution >= 0.6 is 0 Å². The van der Waals surface area contributed by atoms with Gasteiger partial charge >= 0.3 is 0 Å². The highest BCUT2D eigenvalue weighted by Crippen LogP contribution is 2.33. The lowest BCUT2D eigenvalue weighted by Crippen LogP contribution is -2.39. The number of hydrogen-bond acceptors (Lipinski definition) is 2. The van der Waals surface area contributed by atoms with E-state index in [4.69, 9.17) is 5.73 Å². The predicted octanol–water partition coefficient (Wildman–Crippen LogP) is 2.63. The standard InChI is InChI=1S/C14H30N2/c1-5-12-6-7-14(11(12)4)16-9-13(8-15)10(2)3/h10-14,16H,5-9,15H2,1-4H3. The summed E-state index contributed by atoms with van der Waals surface area (Å²) in [4.78, 5) is 0. The fourth-order valence-corrected chi connectivity index (χ4v) is 3.01. The number of rotatable bonds is 6. The molecule has 1 aliphatic rings. The van der Waals surface area contributed by atoms with Crippen molar-refractivity contribution < 1.29 is 0 Å². The van der Waals surface area contributed by atoms with Crippen molar-refractivity contribution in [1.29, 1.82) is 0 Å². The van der Waals surface area contributed by atoms with Gasteiger partial charge in [0.25, 0.3) is 0 Å². The van der Waals surface area contributed by atoms with Gasteiger partial charge in [-0.2, -0.15) is 0 Å². The van der Waals surface area contributed by atoms with Crippen LogP contribution in [0.5, 0.6) is 0 Å². The van der Waals surface area contributed by atoms with Crippen LogP contribution in [0.2, 0.25) is 0 Å². The topological polar surface area (TPSA) is 38.0 Å². The summed E-state index contributed by atoms with van der Waals surface area (Å²) in [6, 6.07) is 0.734. The summed E-state index contributed by atoms with van der Waals surface area (Å²) in [5, 5.41) is 3.75. The van der Waals surface area contributed by atoms with E-state index in [0.717, 1.165) is 31.0 Å². The van der Waals surface area contributed by atoms with Gasteiger partial charge in [0.2, 0.25) is 0 Å². The fourth-order valence-electron chi connectivity index (χ4n) is 3.01. The van der Waals surface area contributed by atoms with Crippen molar-refractivity contribution in [3.63, 3.8) is 0 Å². The van der Waals surface area contributed by atoms with Crippen molar-refractivity contribution in [3.8, 4) is 0 Å². The molecule has 0 heterocycles. The summed E-state index contributed by atoms with van der Waals surface area (Å²) < 4.78 is 0. The Labute approximate surface area is 101 Å². The van der Waals surface area contributed by atoms with E-state index in [1.54, 1.807) is 0 Å². The zero-order valence-electron chi connectivity index (χ0n) is 11.5. The Morgan fingerprint density at radius 1 is 1.31 bits per heavy atom. The molecule has 0 saturated heterocycles. The van der Waals surface area contributed by atoms with E-state index in [0.29, 0.717) is 11.8 Å². The smallest absolute Gasteiger partial charge is 0.00955 e. The predicted molar refractivity (Wildman–Crippen MR) is 71.4 cm³/mol. The highest BCUT2D eigenvalue weighted by molar-refractivity contribution is 4.87. The van der Waals surface area contributed by atoms with Crippen molar-refractivity contribution in [3.05, 3.63) is 0 Å². The number of nitrogens with two attached hydrogens (primary N) is 1. The molecule has 0 aromatic rings. The van der Waals surface area contributed by atoms with E-state index in [-0.39, 0.29) is 0 Å². The first-order chi connectivity index (χ1) is 7.60. The lowest BCUT2D eigenvalue weighted by molar-refractivity contribution is 0.304. The molecule has 4 atom stereocenters. The Balaban J connectivity index is 2.33. The molecule has 1 fully saturated rings. The third kappa shape index (κ3) is 3.46. The maximum Gasteiger partial charge on any atom is 0.00955 e. The lowest BCUT2D eigenvalue weighted by Gasteiger charge is -2.25. The van der Waals surface area contributed by atoms with E-state index >= 15 is 0 Å². The Kier molecular flexibility index (Phi) is 5.77. The van der Waals surface area contributed by atoms with Gasteiger partial charge in [-0.15, -0.1) is 0 Å². The van der Waals surface area contributed by atoms with Crippen LogP contribution < -0.4 is 11.1 Å². The van der Waals surface area contributed by atoms with Crippen LogP contribution in [0, 0.1) is 23.7 Å². The molecule has 0 radical (unpaired) electrons. The normalized spacial score (nSPS) is 32.2. The number of nitrogens with one attached hydrogen (secondary N) is 1. The maximum absolute atomic E-state index is 5.81. The Bertz CT molecular complexity index is 191. The zero-order valence-corrected chi connectivity index (χ0v) is 11.5. The van der Waals surface area contributed by atoms with Gasteiger partial charge < -0.3 is 11.1 Å². The van der Waals surface area contributed by atoms with Crippen molar-refractivity contribution in [1.82, 2.24) is 5.32 Å². The summed E-state index contributed by atoms with van der Waals surface area (Å²) >= 11 is 0. The molecule has 0 aromatic heterocycles. The SMILES string of the molecule is CCC1CCC(NCC(CN)C(C)C)C1C. The molecular weight excluding hydrogens is 196 g/mol. The van der Waals surface area contributed by atoms with Crippen LogP contribution in [0.25, 0.3) is 0 Å². The van der Waals surface area contributed by atoms with E-state index in [2.05, 4.69) is 33.0 Å². The zero-order chi connectivity index (χ0) is 12.1. The summed E-state index contributed by atoms with van der Waals surface area (Å²) in [5.74, 6) is 3.10. The average Bonchev–Trinajstić information content (AvgIpc) is 2.60. The minimum atomic E-state index is 0.632. The molecule has 0 aliphatic heterocycles. The van der Waals surface area contributed by atoms with Gasteiger partial charge in [0, 0.05) is 6.04 Å². The van der Waals surface area contributed by atoms with Gasteiger partial charge in [0.15, 0.2) is 0 Å². The lowest BCUT2D eigenvalue weighted by atomic mass is 9.92. The van der Waals surface area contributed by atoms with Crippen molar-refractivity contribution in [2.45, 2.75) is 53.0 Å². The minimum Gasteiger partial charge on any atom is -0.330 e. The molecule has 2 nitrogen and oxygen atoms in total. The van der Waals surface area contributed by atoms with E-state index in [1.165, 1.54) is 19.3 Å². The highest BCUT2D eigenvalue weighted by atomic mass is 14.9. The molecule has 1 aliphatic carbocycles. The third-order valence-electron chi connectivity index (χ3n) is 4.64. The summed E-state index contributed by atoms with van der Waals surface area (Å²) in [6.07, 6.45) is 4.10. The fraction of sp³-hybridized carbons (Fsp3) is 1.00. The second-order valence-electron chi connectivity index (χ2n) is 5.86. The molecular formula is C14H30N2. The molecule has 1 saturated carbocycles. The van der Waals surface area contributed by atoms with Crippen LogP contribution in [0.4, 0.5) is 0 Å². The quantitative estimate of drug-likeness (QED) is 0.730. The van der Waals surface area contributed by atoms with E-state index < -0.39 is 0 Å². The second kappa shape index (κ2) is 6.61. The summed E-state index contributed by atoms with van der Waals surface area (Å²) in [6.45, 7) is 11.2. The largest absolute Gasteiger partial charge is 0.330 e. The Hall–Kier alpha value is -0.0800. The Morgan fingerprint density at radius 2 is 2.00 bits per heavy atom. The summed E-state index contributed by atoms with van der Waals surface area (Å²) in [5.41, 5.74) is 5.81. The first-order valence-corrected chi connectivity index (χ1v) is 7.03. The van der Waals surface area contributed by atoms with Crippen LogP contribution in [-0.4, -0.2) is 19.1 Å². The van der Waals surface area contributed by atoms with Crippen LogP contribution in [0.15, 0.2) is 0 Å². The van der Waals surface area contributed by atoms with E-state index in [9.17, 15) is 0 Å². The molecule has 3 N–H and O–H groups in total. The average molecular weight is 226 g/mol. The molecule has 96 valence electrons. The first kappa shape index (κ1) is 14.0. The molecule has 0 bridgehead atoms. The molecule has 0 amide bonds. The van der Waals surface area contributed by atoms with Gasteiger partial charge in [-0.05, 0) is 49.6 Å². The van der Waals surface area contributed by atoms with Crippen molar-refractivity contribution in [2.75, 3.05) is 13.1 Å². The summed E-state index contributed by atoms with van der Waals surface area (Å²) in [7, 11) is 0. The van der Waals surface area contributed by atoms with Gasteiger partial charge in [-0.1, -0.05) is 34.1 Å². The van der Waals surface area contributed by atoms with E-state index in [1.807, 2.05) is 0 Å². The first-order valence-electron chi connectivity index (χ1n) is 7.03. The van der Waals surface area contributed by atoms with Gasteiger partial charge in [-0.3, -0.25) is 0 Å². The molecule has 0 aromatic carbocycles. The van der Waals surface area contributed by atoms with Crippen LogP contribution in [-0.2, 0) is 0 Å². The van der Waals surface area contributed by atoms with Crippen molar-refractivity contribution >= 4 is 0 Å². The minimum absolute atomic E-state index is 0.632. The van der Waals surface area contributed by atoms with Crippen LogP contribution in [0.1, 0.15) is 47.0 Å². The second-order valence-corrected chi connectivity index (χ2v) is 5.86. The highest BCUT2D eigenvalue weighted by Gasteiger charge is 2.31. The van der Waals surface area contributed by atoms with Crippen molar-refractivity contribution in [2.24, 2.45) is 29.4 Å². The van der Waals surface area contributed by atoms with Gasteiger partial charge in [0.1, 0.15) is 0 Å².